The molecule has 0 atom stereocenters. The summed E-state index contributed by atoms with van der Waals surface area (Å²) in [5.41, 5.74) is 0.949. The summed E-state index contributed by atoms with van der Waals surface area (Å²) in [6, 6.07) is 16.3. The summed E-state index contributed by atoms with van der Waals surface area (Å²) in [6.45, 7) is 0. The summed E-state index contributed by atoms with van der Waals surface area (Å²) in [7, 11) is -2.73. The number of ether oxygens (including phenoxy) is 1. The van der Waals surface area contributed by atoms with Crippen molar-refractivity contribution < 1.29 is 22.3 Å². The summed E-state index contributed by atoms with van der Waals surface area (Å²) in [5.74, 6) is -0.844. The third-order valence-electron chi connectivity index (χ3n) is 4.11. The molecule has 6 nitrogen and oxygen atoms in total. The summed E-state index contributed by atoms with van der Waals surface area (Å²) >= 11 is 6.04. The second-order valence-electron chi connectivity index (χ2n) is 6.33. The van der Waals surface area contributed by atoms with E-state index in [2.05, 4.69) is 10.0 Å². The van der Waals surface area contributed by atoms with Crippen molar-refractivity contribution in [3.63, 3.8) is 0 Å². The molecule has 0 spiro atoms. The molecule has 0 heterocycles. The largest absolute Gasteiger partial charge is 0.495 e. The summed E-state index contributed by atoms with van der Waals surface area (Å²) < 4.78 is 46.6. The van der Waals surface area contributed by atoms with Crippen LogP contribution in [0, 0.1) is 5.82 Å². The number of methoxy groups -OCH3 is 1. The van der Waals surface area contributed by atoms with Crippen molar-refractivity contribution in [1.29, 1.82) is 0 Å². The molecule has 0 bridgehead atoms. The van der Waals surface area contributed by atoms with E-state index in [1.807, 2.05) is 0 Å². The van der Waals surface area contributed by atoms with Gasteiger partial charge in [-0.15, -0.1) is 0 Å². The minimum Gasteiger partial charge on any atom is -0.495 e. The van der Waals surface area contributed by atoms with E-state index in [0.717, 1.165) is 0 Å². The number of para-hydroxylation sites is 1. The average Bonchev–Trinajstić information content (AvgIpc) is 2.74. The van der Waals surface area contributed by atoms with Crippen molar-refractivity contribution in [2.45, 2.75) is 4.90 Å². The van der Waals surface area contributed by atoms with Gasteiger partial charge in [-0.1, -0.05) is 35.9 Å². The van der Waals surface area contributed by atoms with Gasteiger partial charge in [0.2, 0.25) is 5.91 Å². The van der Waals surface area contributed by atoms with Gasteiger partial charge in [-0.05, 0) is 54.1 Å². The highest BCUT2D eigenvalue weighted by atomic mass is 35.5. The number of halogens is 2. The number of rotatable bonds is 7. The molecule has 0 aromatic heterocycles. The monoisotopic (exact) mass is 460 g/mol. The molecule has 0 radical (unpaired) electrons. The van der Waals surface area contributed by atoms with Gasteiger partial charge in [0.15, 0.2) is 0 Å². The first-order valence-corrected chi connectivity index (χ1v) is 10.8. The van der Waals surface area contributed by atoms with Crippen LogP contribution >= 0.6 is 11.6 Å². The van der Waals surface area contributed by atoms with Crippen molar-refractivity contribution >= 4 is 45.0 Å². The minimum atomic E-state index is -4.07. The maximum atomic E-state index is 13.2. The van der Waals surface area contributed by atoms with Gasteiger partial charge in [-0.2, -0.15) is 0 Å². The SMILES string of the molecule is COc1ccc(NC(=O)/C=C/c2cccc(F)c2)cc1S(=O)(=O)Nc1ccccc1Cl. The van der Waals surface area contributed by atoms with Crippen molar-refractivity contribution in [3.05, 3.63) is 89.2 Å². The molecule has 3 rings (SSSR count). The lowest BCUT2D eigenvalue weighted by Gasteiger charge is -2.14. The second-order valence-corrected chi connectivity index (χ2v) is 8.39. The summed E-state index contributed by atoms with van der Waals surface area (Å²) in [6.07, 6.45) is 2.66. The molecule has 3 aromatic rings. The highest BCUT2D eigenvalue weighted by Gasteiger charge is 2.21. The van der Waals surface area contributed by atoms with Crippen LogP contribution in [0.3, 0.4) is 0 Å². The second kappa shape index (κ2) is 9.63. The van der Waals surface area contributed by atoms with Gasteiger partial charge in [-0.3, -0.25) is 9.52 Å². The van der Waals surface area contributed by atoms with Crippen LogP contribution in [0.15, 0.2) is 77.7 Å². The molecule has 1 amide bonds. The predicted molar refractivity (Wildman–Crippen MR) is 119 cm³/mol. The first kappa shape index (κ1) is 22.3. The maximum absolute atomic E-state index is 13.2. The van der Waals surface area contributed by atoms with E-state index in [1.54, 1.807) is 24.3 Å². The lowest BCUT2D eigenvalue weighted by Crippen LogP contribution is -2.15. The van der Waals surface area contributed by atoms with Gasteiger partial charge in [-0.25, -0.2) is 12.8 Å². The number of hydrogen-bond donors (Lipinski definition) is 2. The summed E-state index contributed by atoms with van der Waals surface area (Å²) in [5, 5.41) is 2.81. The molecule has 0 unspecified atom stereocenters. The predicted octanol–water partition coefficient (Wildman–Crippen LogP) is 4.94. The highest BCUT2D eigenvalue weighted by Crippen LogP contribution is 2.30. The molecule has 0 saturated carbocycles. The van der Waals surface area contributed by atoms with Gasteiger partial charge < -0.3 is 10.1 Å². The number of carbonyl (C=O) groups is 1. The number of amides is 1. The van der Waals surface area contributed by atoms with Crippen LogP contribution in [0.1, 0.15) is 5.56 Å². The molecule has 160 valence electrons. The number of benzene rings is 3. The molecule has 0 aliphatic heterocycles. The van der Waals surface area contributed by atoms with Crippen LogP contribution in [0.5, 0.6) is 5.75 Å². The average molecular weight is 461 g/mol. The lowest BCUT2D eigenvalue weighted by atomic mass is 10.2. The van der Waals surface area contributed by atoms with E-state index < -0.39 is 21.7 Å². The van der Waals surface area contributed by atoms with E-state index in [-0.39, 0.29) is 27.0 Å². The fraction of sp³-hybridized carbons (Fsp3) is 0.0455. The normalized spacial score (nSPS) is 11.3. The van der Waals surface area contributed by atoms with Crippen molar-refractivity contribution in [2.75, 3.05) is 17.1 Å². The topological polar surface area (TPSA) is 84.5 Å². The Bertz CT molecular complexity index is 1250. The Morgan fingerprint density at radius 2 is 1.84 bits per heavy atom. The van der Waals surface area contributed by atoms with Crippen LogP contribution in [0.4, 0.5) is 15.8 Å². The fourth-order valence-corrected chi connectivity index (χ4v) is 4.19. The number of nitrogens with one attached hydrogen (secondary N) is 2. The zero-order chi connectivity index (χ0) is 22.4. The quantitative estimate of drug-likeness (QED) is 0.489. The van der Waals surface area contributed by atoms with E-state index in [9.17, 15) is 17.6 Å². The Balaban J connectivity index is 1.83. The lowest BCUT2D eigenvalue weighted by molar-refractivity contribution is -0.111. The summed E-state index contributed by atoms with van der Waals surface area (Å²) in [4.78, 5) is 12.0. The highest BCUT2D eigenvalue weighted by molar-refractivity contribution is 7.92. The van der Waals surface area contributed by atoms with E-state index in [1.165, 1.54) is 61.7 Å². The Kier molecular flexibility index (Phi) is 6.94. The third kappa shape index (κ3) is 5.84. The Labute approximate surface area is 184 Å². The number of sulfonamides is 1. The number of hydrogen-bond acceptors (Lipinski definition) is 4. The van der Waals surface area contributed by atoms with Gasteiger partial charge in [0.1, 0.15) is 16.5 Å². The van der Waals surface area contributed by atoms with Gasteiger partial charge in [0.05, 0.1) is 17.8 Å². The smallest absolute Gasteiger partial charge is 0.265 e. The molecule has 3 aromatic carbocycles. The Morgan fingerprint density at radius 3 is 2.55 bits per heavy atom. The molecular weight excluding hydrogens is 443 g/mol. The molecule has 0 aliphatic rings. The first-order chi connectivity index (χ1) is 14.8. The molecule has 0 aliphatic carbocycles. The minimum absolute atomic E-state index is 0.0906. The number of anilines is 2. The Hall–Kier alpha value is -3.36. The van der Waals surface area contributed by atoms with Crippen molar-refractivity contribution in [2.24, 2.45) is 0 Å². The standard InChI is InChI=1S/C22H18ClFN2O4S/c1-30-20-11-10-17(25-22(27)12-9-15-5-4-6-16(24)13-15)14-21(20)31(28,29)26-19-8-3-2-7-18(19)23/h2-14,26H,1H3,(H,25,27)/b12-9+. The third-order valence-corrected chi connectivity index (χ3v) is 5.83. The van der Waals surface area contributed by atoms with E-state index in [4.69, 9.17) is 16.3 Å². The van der Waals surface area contributed by atoms with Gasteiger partial charge in [0, 0.05) is 11.8 Å². The number of carbonyl (C=O) groups excluding carboxylic acids is 1. The molecule has 9 heteroatoms. The zero-order valence-electron chi connectivity index (χ0n) is 16.3. The van der Waals surface area contributed by atoms with Crippen LogP contribution in [0.2, 0.25) is 5.02 Å². The van der Waals surface area contributed by atoms with E-state index >= 15 is 0 Å². The molecular formula is C22H18ClFN2O4S. The van der Waals surface area contributed by atoms with Crippen LogP contribution in [-0.2, 0) is 14.8 Å². The van der Waals surface area contributed by atoms with E-state index in [0.29, 0.717) is 5.56 Å². The molecule has 31 heavy (non-hydrogen) atoms. The molecule has 0 saturated heterocycles. The Morgan fingerprint density at radius 1 is 1.06 bits per heavy atom. The van der Waals surface area contributed by atoms with Crippen LogP contribution in [0.25, 0.3) is 6.08 Å². The van der Waals surface area contributed by atoms with Crippen molar-refractivity contribution in [1.82, 2.24) is 0 Å². The molecule has 0 fully saturated rings. The van der Waals surface area contributed by atoms with Crippen molar-refractivity contribution in [3.8, 4) is 5.75 Å². The van der Waals surface area contributed by atoms with Crippen LogP contribution in [-0.4, -0.2) is 21.4 Å². The maximum Gasteiger partial charge on any atom is 0.265 e. The molecule has 2 N–H and O–H groups in total. The van der Waals surface area contributed by atoms with Gasteiger partial charge in [0.25, 0.3) is 10.0 Å². The fourth-order valence-electron chi connectivity index (χ4n) is 2.67. The van der Waals surface area contributed by atoms with Crippen LogP contribution < -0.4 is 14.8 Å². The zero-order valence-corrected chi connectivity index (χ0v) is 17.9. The first-order valence-electron chi connectivity index (χ1n) is 8.98. The van der Waals surface area contributed by atoms with Gasteiger partial charge >= 0.3 is 0 Å².